The van der Waals surface area contributed by atoms with Gasteiger partial charge < -0.3 is 4.74 Å². The van der Waals surface area contributed by atoms with Crippen LogP contribution in [0.5, 0.6) is 0 Å². The number of carbonyl (C=O) groups excluding carboxylic acids is 1. The minimum Gasteiger partial charge on any atom is -0.448 e. The molecular formula is C10H9N3O5. The van der Waals surface area contributed by atoms with Crippen LogP contribution in [0.3, 0.4) is 0 Å². The van der Waals surface area contributed by atoms with Crippen LogP contribution in [0, 0.1) is 10.1 Å². The third-order valence-corrected chi connectivity index (χ3v) is 2.34. The summed E-state index contributed by atoms with van der Waals surface area (Å²) < 4.78 is 5.67. The molecule has 1 N–H and O–H groups in total. The van der Waals surface area contributed by atoms with E-state index in [1.165, 1.54) is 12.1 Å². The fourth-order valence-electron chi connectivity index (χ4n) is 1.57. The highest BCUT2D eigenvalue weighted by molar-refractivity contribution is 5.88. The van der Waals surface area contributed by atoms with E-state index in [4.69, 9.17) is 4.74 Å². The quantitative estimate of drug-likeness (QED) is 0.638. The minimum atomic E-state index is -0.738. The SMILES string of the molecule is CCOC(=O)n1[nH]c(=O)c2cc([N+](=O)[O-])ccc21. The van der Waals surface area contributed by atoms with Gasteiger partial charge in [0, 0.05) is 12.1 Å². The summed E-state index contributed by atoms with van der Waals surface area (Å²) >= 11 is 0. The van der Waals surface area contributed by atoms with Crippen LogP contribution in [0.25, 0.3) is 10.9 Å². The van der Waals surface area contributed by atoms with E-state index in [0.29, 0.717) is 0 Å². The lowest BCUT2D eigenvalue weighted by molar-refractivity contribution is -0.384. The fraction of sp³-hybridized carbons (Fsp3) is 0.200. The Balaban J connectivity index is 2.63. The molecule has 8 heteroatoms. The van der Waals surface area contributed by atoms with Gasteiger partial charge >= 0.3 is 6.09 Å². The highest BCUT2D eigenvalue weighted by Crippen LogP contribution is 2.18. The molecule has 2 rings (SSSR count). The van der Waals surface area contributed by atoms with Gasteiger partial charge in [-0.25, -0.2) is 4.79 Å². The van der Waals surface area contributed by atoms with Gasteiger partial charge in [0.05, 0.1) is 22.4 Å². The molecule has 2 aromatic rings. The third kappa shape index (κ3) is 1.83. The second-order valence-corrected chi connectivity index (χ2v) is 3.43. The van der Waals surface area contributed by atoms with E-state index < -0.39 is 16.6 Å². The third-order valence-electron chi connectivity index (χ3n) is 2.34. The Morgan fingerprint density at radius 3 is 2.89 bits per heavy atom. The van der Waals surface area contributed by atoms with Crippen molar-refractivity contribution in [3.8, 4) is 0 Å². The Hall–Kier alpha value is -2.64. The largest absolute Gasteiger partial charge is 0.448 e. The zero-order valence-corrected chi connectivity index (χ0v) is 9.37. The average Bonchev–Trinajstić information content (AvgIpc) is 2.67. The van der Waals surface area contributed by atoms with Gasteiger partial charge in [-0.3, -0.25) is 20.0 Å². The van der Waals surface area contributed by atoms with Gasteiger partial charge in [0.25, 0.3) is 11.2 Å². The number of rotatable bonds is 2. The molecule has 0 aliphatic carbocycles. The second kappa shape index (κ2) is 4.32. The van der Waals surface area contributed by atoms with Crippen molar-refractivity contribution in [2.24, 2.45) is 0 Å². The van der Waals surface area contributed by atoms with E-state index >= 15 is 0 Å². The topological polar surface area (TPSA) is 107 Å². The maximum absolute atomic E-state index is 11.6. The molecule has 0 amide bonds. The average molecular weight is 251 g/mol. The van der Waals surface area contributed by atoms with Crippen LogP contribution < -0.4 is 5.56 Å². The monoisotopic (exact) mass is 251 g/mol. The lowest BCUT2D eigenvalue weighted by Crippen LogP contribution is -2.17. The minimum absolute atomic E-state index is 0.0669. The number of carbonyl (C=O) groups is 1. The second-order valence-electron chi connectivity index (χ2n) is 3.43. The number of nitrogens with zero attached hydrogens (tertiary/aromatic N) is 2. The number of fused-ring (bicyclic) bond motifs is 1. The lowest BCUT2D eigenvalue weighted by atomic mass is 10.2. The van der Waals surface area contributed by atoms with Crippen molar-refractivity contribution in [1.82, 2.24) is 9.78 Å². The highest BCUT2D eigenvalue weighted by Gasteiger charge is 2.16. The molecule has 0 radical (unpaired) electrons. The van der Waals surface area contributed by atoms with Crippen LogP contribution >= 0.6 is 0 Å². The van der Waals surface area contributed by atoms with Gasteiger partial charge in [0.1, 0.15) is 0 Å². The first-order valence-corrected chi connectivity index (χ1v) is 5.11. The molecule has 1 aromatic carbocycles. The summed E-state index contributed by atoms with van der Waals surface area (Å²) in [4.78, 5) is 33.1. The zero-order chi connectivity index (χ0) is 13.3. The van der Waals surface area contributed by atoms with Gasteiger partial charge in [-0.1, -0.05) is 0 Å². The number of nitrogens with one attached hydrogen (secondary N) is 1. The number of aromatic nitrogens is 2. The first kappa shape index (κ1) is 11.8. The predicted octanol–water partition coefficient (Wildman–Crippen LogP) is 1.24. The summed E-state index contributed by atoms with van der Waals surface area (Å²) in [6, 6.07) is 3.65. The van der Waals surface area contributed by atoms with E-state index in [1.54, 1.807) is 6.92 Å². The number of aromatic amines is 1. The first-order valence-electron chi connectivity index (χ1n) is 5.11. The van der Waals surface area contributed by atoms with Crippen LogP contribution in [-0.4, -0.2) is 27.4 Å². The van der Waals surface area contributed by atoms with Crippen LogP contribution in [0.1, 0.15) is 6.92 Å². The summed E-state index contributed by atoms with van der Waals surface area (Å²) in [5.41, 5.74) is -0.555. The molecule has 0 spiro atoms. The Bertz CT molecular complexity index is 684. The molecule has 0 atom stereocenters. The number of hydrogen-bond donors (Lipinski definition) is 1. The molecule has 0 saturated carbocycles. The maximum Gasteiger partial charge on any atom is 0.433 e. The van der Waals surface area contributed by atoms with E-state index in [2.05, 4.69) is 5.10 Å². The van der Waals surface area contributed by atoms with Gasteiger partial charge in [-0.05, 0) is 13.0 Å². The number of hydrogen-bond acceptors (Lipinski definition) is 5. The van der Waals surface area contributed by atoms with Crippen LogP contribution in [0.15, 0.2) is 23.0 Å². The Morgan fingerprint density at radius 2 is 2.28 bits per heavy atom. The normalized spacial score (nSPS) is 10.5. The number of non-ortho nitro benzene ring substituents is 1. The highest BCUT2D eigenvalue weighted by atomic mass is 16.6. The molecule has 0 unspecified atom stereocenters. The van der Waals surface area contributed by atoms with Gasteiger partial charge in [0.15, 0.2) is 0 Å². The molecule has 0 aliphatic heterocycles. The van der Waals surface area contributed by atoms with Crippen LogP contribution in [0.4, 0.5) is 10.5 Å². The molecule has 94 valence electrons. The summed E-state index contributed by atoms with van der Waals surface area (Å²) in [7, 11) is 0. The Labute approximate surface area is 99.9 Å². The molecule has 0 aliphatic rings. The molecule has 1 aromatic heterocycles. The molecule has 1 heterocycles. The van der Waals surface area contributed by atoms with Crippen molar-refractivity contribution < 1.29 is 14.5 Å². The van der Waals surface area contributed by atoms with Crippen molar-refractivity contribution in [1.29, 1.82) is 0 Å². The molecule has 0 bridgehead atoms. The summed E-state index contributed by atoms with van der Waals surface area (Å²) in [6.07, 6.45) is -0.738. The predicted molar refractivity (Wildman–Crippen MR) is 61.6 cm³/mol. The zero-order valence-electron chi connectivity index (χ0n) is 9.37. The summed E-state index contributed by atoms with van der Waals surface area (Å²) in [5.74, 6) is 0. The van der Waals surface area contributed by atoms with Gasteiger partial charge in [0.2, 0.25) is 0 Å². The van der Waals surface area contributed by atoms with E-state index in [-0.39, 0.29) is 23.2 Å². The smallest absolute Gasteiger partial charge is 0.433 e. The van der Waals surface area contributed by atoms with Gasteiger partial charge in [-0.15, -0.1) is 0 Å². The van der Waals surface area contributed by atoms with Crippen molar-refractivity contribution in [2.75, 3.05) is 6.61 Å². The summed E-state index contributed by atoms with van der Waals surface area (Å²) in [6.45, 7) is 1.79. The first-order chi connectivity index (χ1) is 8.54. The fourth-order valence-corrected chi connectivity index (χ4v) is 1.57. The van der Waals surface area contributed by atoms with Crippen molar-refractivity contribution >= 4 is 22.7 Å². The maximum atomic E-state index is 11.6. The molecule has 8 nitrogen and oxygen atoms in total. The van der Waals surface area contributed by atoms with Crippen molar-refractivity contribution in [2.45, 2.75) is 6.92 Å². The number of benzene rings is 1. The molecular weight excluding hydrogens is 242 g/mol. The standard InChI is InChI=1S/C10H9N3O5/c1-2-18-10(15)12-8-4-3-6(13(16)17)5-7(8)9(14)11-12/h3-5H,2H2,1H3,(H,11,14). The van der Waals surface area contributed by atoms with Crippen LogP contribution in [-0.2, 0) is 4.74 Å². The number of nitro groups is 1. The molecule has 0 saturated heterocycles. The Kier molecular flexibility index (Phi) is 2.84. The summed E-state index contributed by atoms with van der Waals surface area (Å²) in [5, 5.41) is 12.9. The molecule has 18 heavy (non-hydrogen) atoms. The van der Waals surface area contributed by atoms with Gasteiger partial charge in [-0.2, -0.15) is 4.68 Å². The van der Waals surface area contributed by atoms with Crippen molar-refractivity contribution in [3.63, 3.8) is 0 Å². The number of H-pyrrole nitrogens is 1. The molecule has 0 fully saturated rings. The lowest BCUT2D eigenvalue weighted by Gasteiger charge is -2.02. The number of ether oxygens (including phenoxy) is 1. The van der Waals surface area contributed by atoms with Crippen molar-refractivity contribution in [3.05, 3.63) is 38.7 Å². The Morgan fingerprint density at radius 1 is 1.56 bits per heavy atom. The number of nitro benzene ring substituents is 1. The van der Waals surface area contributed by atoms with Crippen LogP contribution in [0.2, 0.25) is 0 Å². The van der Waals surface area contributed by atoms with E-state index in [0.717, 1.165) is 10.7 Å². The van der Waals surface area contributed by atoms with E-state index in [1.807, 2.05) is 0 Å². The van der Waals surface area contributed by atoms with E-state index in [9.17, 15) is 19.7 Å².